The van der Waals surface area contributed by atoms with Gasteiger partial charge in [0.1, 0.15) is 12.9 Å². The van der Waals surface area contributed by atoms with Crippen LogP contribution in [0.25, 0.3) is 0 Å². The van der Waals surface area contributed by atoms with Gasteiger partial charge in [-0.3, -0.25) is 4.57 Å². The summed E-state index contributed by atoms with van der Waals surface area (Å²) >= 11 is 1.44. The molecule has 3 aromatic heterocycles. The molecule has 1 aliphatic rings. The van der Waals surface area contributed by atoms with E-state index in [4.69, 9.17) is 10.5 Å². The Labute approximate surface area is 180 Å². The van der Waals surface area contributed by atoms with Crippen molar-refractivity contribution in [2.24, 2.45) is 5.73 Å². The molecule has 4 heterocycles. The van der Waals surface area contributed by atoms with Crippen LogP contribution in [-0.2, 0) is 13.1 Å². The Morgan fingerprint density at radius 2 is 2.23 bits per heavy atom. The lowest BCUT2D eigenvalue weighted by atomic mass is 10.2. The molecule has 3 N–H and O–H groups in total. The number of aromatic nitrogens is 4. The van der Waals surface area contributed by atoms with Crippen LogP contribution in [0.4, 0.5) is 14.5 Å². The van der Waals surface area contributed by atoms with Crippen molar-refractivity contribution in [3.63, 3.8) is 0 Å². The van der Waals surface area contributed by atoms with E-state index >= 15 is 0 Å². The van der Waals surface area contributed by atoms with Gasteiger partial charge in [0.05, 0.1) is 23.7 Å². The number of thiophene rings is 1. The smallest absolute Gasteiger partial charge is 0.346 e. The Bertz CT molecular complexity index is 1250. The van der Waals surface area contributed by atoms with Crippen molar-refractivity contribution in [3.8, 4) is 17.7 Å². The maximum atomic E-state index is 12.8. The molecule has 3 aromatic rings. The highest BCUT2D eigenvalue weighted by molar-refractivity contribution is 7.12. The average Bonchev–Trinajstić information content (AvgIpc) is 3.37. The summed E-state index contributed by atoms with van der Waals surface area (Å²) in [5.74, 6) is 6.73. The number of anilines is 1. The van der Waals surface area contributed by atoms with Gasteiger partial charge in [-0.05, 0) is 18.2 Å². The van der Waals surface area contributed by atoms with Crippen LogP contribution >= 0.6 is 11.3 Å². The summed E-state index contributed by atoms with van der Waals surface area (Å²) in [7, 11) is 0. The molecule has 0 atom stereocenters. The number of rotatable bonds is 5. The molecule has 4 rings (SSSR count). The Balaban J connectivity index is 1.46. The molecule has 0 radical (unpaired) electrons. The average molecular weight is 444 g/mol. The maximum Gasteiger partial charge on any atom is 0.346 e. The predicted molar refractivity (Wildman–Crippen MR) is 112 cm³/mol. The number of ether oxygens (including phenoxy) is 1. The molecular weight excluding hydrogens is 426 g/mol. The van der Waals surface area contributed by atoms with Crippen LogP contribution in [0.1, 0.15) is 15.3 Å². The Morgan fingerprint density at radius 1 is 1.35 bits per heavy atom. The molecule has 0 saturated heterocycles. The van der Waals surface area contributed by atoms with Crippen molar-refractivity contribution in [2.45, 2.75) is 13.1 Å². The summed E-state index contributed by atoms with van der Waals surface area (Å²) in [5.41, 5.74) is 6.07. The molecular formula is C20H18F2N6O2S. The van der Waals surface area contributed by atoms with E-state index in [1.807, 2.05) is 18.2 Å². The first kappa shape index (κ1) is 20.8. The summed E-state index contributed by atoms with van der Waals surface area (Å²) in [4.78, 5) is 18.4. The van der Waals surface area contributed by atoms with Gasteiger partial charge in [-0.15, -0.1) is 11.3 Å². The monoisotopic (exact) mass is 444 g/mol. The van der Waals surface area contributed by atoms with Crippen molar-refractivity contribution in [1.29, 1.82) is 0 Å². The lowest BCUT2D eigenvalue weighted by Gasteiger charge is -2.17. The van der Waals surface area contributed by atoms with Gasteiger partial charge in [-0.1, -0.05) is 11.8 Å². The second kappa shape index (κ2) is 9.11. The number of hydrogen-bond acceptors (Lipinski definition) is 7. The standard InChI is InChI=1S/C20H18F2N6O2S/c21-18(22)14(8-23)10-28-20(29)27(12-26-28)11-16-4-3-15(31-16)2-1-13-7-17-19(25-9-13)30-6-5-24-17/h3-4,7,9,12,24H,5-6,8,10-11,23H2. The molecule has 8 nitrogen and oxygen atoms in total. The summed E-state index contributed by atoms with van der Waals surface area (Å²) in [6.07, 6.45) is 1.10. The maximum absolute atomic E-state index is 12.8. The topological polar surface area (TPSA) is 100.0 Å². The molecule has 31 heavy (non-hydrogen) atoms. The van der Waals surface area contributed by atoms with E-state index in [0.29, 0.717) is 12.5 Å². The molecule has 160 valence electrons. The summed E-state index contributed by atoms with van der Waals surface area (Å²) in [6.45, 7) is 0.912. The van der Waals surface area contributed by atoms with Gasteiger partial charge < -0.3 is 15.8 Å². The van der Waals surface area contributed by atoms with Crippen LogP contribution in [0, 0.1) is 11.8 Å². The zero-order valence-corrected chi connectivity index (χ0v) is 17.1. The number of fused-ring (bicyclic) bond motifs is 1. The fraction of sp³-hybridized carbons (Fsp3) is 0.250. The Hall–Kier alpha value is -3.49. The quantitative estimate of drug-likeness (QED) is 0.583. The number of nitrogens with one attached hydrogen (secondary N) is 1. The second-order valence-electron chi connectivity index (χ2n) is 6.64. The van der Waals surface area contributed by atoms with E-state index in [-0.39, 0.29) is 25.2 Å². The van der Waals surface area contributed by atoms with E-state index < -0.39 is 11.8 Å². The van der Waals surface area contributed by atoms with Gasteiger partial charge in [-0.25, -0.2) is 14.5 Å². The summed E-state index contributed by atoms with van der Waals surface area (Å²) in [5, 5.41) is 7.11. The molecule has 0 aliphatic carbocycles. The van der Waals surface area contributed by atoms with Crippen LogP contribution < -0.4 is 21.5 Å². The number of nitrogens with zero attached hydrogens (tertiary/aromatic N) is 4. The number of hydrogen-bond donors (Lipinski definition) is 2. The highest BCUT2D eigenvalue weighted by Crippen LogP contribution is 2.24. The third kappa shape index (κ3) is 4.82. The van der Waals surface area contributed by atoms with Crippen molar-refractivity contribution in [2.75, 3.05) is 25.0 Å². The third-order valence-electron chi connectivity index (χ3n) is 4.48. The molecule has 0 amide bonds. The minimum atomic E-state index is -1.89. The Morgan fingerprint density at radius 3 is 3.03 bits per heavy atom. The molecule has 0 fully saturated rings. The highest BCUT2D eigenvalue weighted by Gasteiger charge is 2.12. The SMILES string of the molecule is NCC(Cn1ncn(Cc2ccc(C#Cc3cnc4c(c3)NCCO4)s2)c1=O)=C(F)F. The predicted octanol–water partition coefficient (Wildman–Crippen LogP) is 1.86. The first-order valence-corrected chi connectivity index (χ1v) is 10.2. The summed E-state index contributed by atoms with van der Waals surface area (Å²) < 4.78 is 33.3. The molecule has 0 spiro atoms. The van der Waals surface area contributed by atoms with Crippen LogP contribution in [-0.4, -0.2) is 39.0 Å². The number of halogens is 2. The third-order valence-corrected chi connectivity index (χ3v) is 5.46. The van der Waals surface area contributed by atoms with Gasteiger partial charge >= 0.3 is 5.69 Å². The molecule has 0 unspecified atom stereocenters. The molecule has 0 aromatic carbocycles. The fourth-order valence-electron chi connectivity index (χ4n) is 2.90. The molecule has 1 aliphatic heterocycles. The molecule has 11 heteroatoms. The van der Waals surface area contributed by atoms with E-state index in [0.717, 1.165) is 32.2 Å². The first-order valence-electron chi connectivity index (χ1n) is 9.36. The number of pyridine rings is 1. The van der Waals surface area contributed by atoms with Crippen molar-refractivity contribution in [3.05, 3.63) is 68.2 Å². The van der Waals surface area contributed by atoms with Gasteiger partial charge in [0.2, 0.25) is 5.88 Å². The second-order valence-corrected chi connectivity index (χ2v) is 7.80. The number of nitrogens with two attached hydrogens (primary N) is 1. The lowest BCUT2D eigenvalue weighted by molar-refractivity contribution is 0.310. The molecule has 0 saturated carbocycles. The normalized spacial score (nSPS) is 12.2. The van der Waals surface area contributed by atoms with Crippen LogP contribution in [0.5, 0.6) is 5.88 Å². The zero-order valence-electron chi connectivity index (χ0n) is 16.3. The largest absolute Gasteiger partial charge is 0.474 e. The van der Waals surface area contributed by atoms with Crippen LogP contribution in [0.15, 0.2) is 47.2 Å². The van der Waals surface area contributed by atoms with E-state index in [1.165, 1.54) is 22.2 Å². The Kier molecular flexibility index (Phi) is 6.11. The highest BCUT2D eigenvalue weighted by atomic mass is 32.1. The minimum absolute atomic E-state index is 0.270. The van der Waals surface area contributed by atoms with Gasteiger partial charge in [0.15, 0.2) is 0 Å². The minimum Gasteiger partial charge on any atom is -0.474 e. The van der Waals surface area contributed by atoms with Gasteiger partial charge in [0, 0.05) is 35.3 Å². The van der Waals surface area contributed by atoms with E-state index in [2.05, 4.69) is 27.2 Å². The van der Waals surface area contributed by atoms with Crippen LogP contribution in [0.2, 0.25) is 0 Å². The zero-order chi connectivity index (χ0) is 21.8. The van der Waals surface area contributed by atoms with Gasteiger partial charge in [-0.2, -0.15) is 13.9 Å². The van der Waals surface area contributed by atoms with Crippen molar-refractivity contribution < 1.29 is 13.5 Å². The van der Waals surface area contributed by atoms with Crippen molar-refractivity contribution in [1.82, 2.24) is 19.3 Å². The lowest BCUT2D eigenvalue weighted by Crippen LogP contribution is -2.27. The van der Waals surface area contributed by atoms with E-state index in [9.17, 15) is 13.6 Å². The van der Waals surface area contributed by atoms with Gasteiger partial charge in [0.25, 0.3) is 6.08 Å². The molecule has 0 bridgehead atoms. The fourth-order valence-corrected chi connectivity index (χ4v) is 3.76. The van der Waals surface area contributed by atoms with Crippen molar-refractivity contribution >= 4 is 17.0 Å². The summed E-state index contributed by atoms with van der Waals surface area (Å²) in [6, 6.07) is 5.62. The van der Waals surface area contributed by atoms with Crippen LogP contribution in [0.3, 0.4) is 0 Å². The first-order chi connectivity index (χ1) is 15.0. The van der Waals surface area contributed by atoms with E-state index in [1.54, 1.807) is 6.20 Å².